The number of piperidine rings is 1. The van der Waals surface area contributed by atoms with Crippen molar-refractivity contribution in [3.63, 3.8) is 0 Å². The Bertz CT molecular complexity index is 365. The minimum Gasteiger partial charge on any atom is -0.480 e. The molecule has 0 bridgehead atoms. The van der Waals surface area contributed by atoms with Gasteiger partial charge in [-0.1, -0.05) is 0 Å². The molecule has 2 heterocycles. The van der Waals surface area contributed by atoms with E-state index in [1.165, 1.54) is 0 Å². The number of hydrogen-bond donors (Lipinski definition) is 1. The molecule has 0 aromatic carbocycles. The van der Waals surface area contributed by atoms with E-state index in [9.17, 15) is 14.7 Å². The minimum absolute atomic E-state index is 0.0968. The number of hydrogen-bond acceptors (Lipinski definition) is 3. The Hall–Kier alpha value is -1.30. The van der Waals surface area contributed by atoms with Gasteiger partial charge in [0.25, 0.3) is 0 Å². The van der Waals surface area contributed by atoms with Crippen molar-refractivity contribution in [3.8, 4) is 0 Å². The number of carboxylic acid groups (broad SMARTS) is 1. The number of nitrogens with zero attached hydrogens (tertiary/aromatic N) is 3. The van der Waals surface area contributed by atoms with Crippen molar-refractivity contribution in [2.24, 2.45) is 0 Å². The third-order valence-electron chi connectivity index (χ3n) is 4.35. The van der Waals surface area contributed by atoms with Gasteiger partial charge in [-0.15, -0.1) is 0 Å². The monoisotopic (exact) mass is 283 g/mol. The molecule has 6 nitrogen and oxygen atoms in total. The van der Waals surface area contributed by atoms with Crippen LogP contribution in [0, 0.1) is 0 Å². The van der Waals surface area contributed by atoms with Crippen LogP contribution >= 0.6 is 0 Å². The zero-order valence-electron chi connectivity index (χ0n) is 12.4. The Morgan fingerprint density at radius 3 is 2.25 bits per heavy atom. The number of likely N-dealkylation sites (tertiary alicyclic amines) is 1. The average Bonchev–Trinajstić information content (AvgIpc) is 2.46. The SMILES string of the molecule is CC(C)N1CCN(C(=O)N2CCCCC2C(=O)O)CC1. The highest BCUT2D eigenvalue weighted by Gasteiger charge is 2.35. The van der Waals surface area contributed by atoms with E-state index >= 15 is 0 Å². The first kappa shape index (κ1) is 15.1. The zero-order valence-corrected chi connectivity index (χ0v) is 12.4. The molecular formula is C14H25N3O3. The molecule has 114 valence electrons. The van der Waals surface area contributed by atoms with Gasteiger partial charge in [-0.3, -0.25) is 4.90 Å². The Kier molecular flexibility index (Phi) is 4.86. The van der Waals surface area contributed by atoms with Crippen LogP contribution in [0.2, 0.25) is 0 Å². The van der Waals surface area contributed by atoms with Gasteiger partial charge in [-0.2, -0.15) is 0 Å². The van der Waals surface area contributed by atoms with Crippen molar-refractivity contribution in [2.75, 3.05) is 32.7 Å². The second kappa shape index (κ2) is 6.43. The first-order valence-electron chi connectivity index (χ1n) is 7.53. The Morgan fingerprint density at radius 1 is 1.05 bits per heavy atom. The van der Waals surface area contributed by atoms with Crippen molar-refractivity contribution >= 4 is 12.0 Å². The molecule has 1 N–H and O–H groups in total. The van der Waals surface area contributed by atoms with Gasteiger partial charge in [0, 0.05) is 38.8 Å². The summed E-state index contributed by atoms with van der Waals surface area (Å²) in [5.74, 6) is -0.876. The fourth-order valence-electron chi connectivity index (χ4n) is 3.03. The lowest BCUT2D eigenvalue weighted by atomic mass is 10.0. The van der Waals surface area contributed by atoms with Crippen LogP contribution in [0.1, 0.15) is 33.1 Å². The maximum absolute atomic E-state index is 12.5. The molecule has 1 atom stereocenters. The maximum atomic E-state index is 12.5. The molecule has 0 radical (unpaired) electrons. The summed E-state index contributed by atoms with van der Waals surface area (Å²) in [7, 11) is 0. The normalized spacial score (nSPS) is 25.1. The van der Waals surface area contributed by atoms with Crippen LogP contribution in [0.3, 0.4) is 0 Å². The molecule has 20 heavy (non-hydrogen) atoms. The summed E-state index contributed by atoms with van der Waals surface area (Å²) in [5, 5.41) is 9.25. The lowest BCUT2D eigenvalue weighted by Crippen LogP contribution is -2.58. The topological polar surface area (TPSA) is 64.1 Å². The van der Waals surface area contributed by atoms with Crippen molar-refractivity contribution in [2.45, 2.75) is 45.2 Å². The summed E-state index contributed by atoms with van der Waals surface area (Å²) in [6, 6.07) is -0.242. The van der Waals surface area contributed by atoms with E-state index in [0.29, 0.717) is 32.1 Å². The smallest absolute Gasteiger partial charge is 0.326 e. The summed E-state index contributed by atoms with van der Waals surface area (Å²) in [6.07, 6.45) is 2.37. The summed E-state index contributed by atoms with van der Waals surface area (Å²) in [5.41, 5.74) is 0. The molecule has 2 rings (SSSR count). The van der Waals surface area contributed by atoms with E-state index in [2.05, 4.69) is 18.7 Å². The number of carboxylic acids is 1. The predicted molar refractivity (Wildman–Crippen MR) is 75.7 cm³/mol. The first-order valence-corrected chi connectivity index (χ1v) is 7.53. The van der Waals surface area contributed by atoms with E-state index < -0.39 is 12.0 Å². The molecule has 2 aliphatic heterocycles. The number of rotatable bonds is 2. The average molecular weight is 283 g/mol. The second-order valence-corrected chi connectivity index (χ2v) is 5.94. The van der Waals surface area contributed by atoms with E-state index in [-0.39, 0.29) is 6.03 Å². The number of urea groups is 1. The number of piperazine rings is 1. The fourth-order valence-corrected chi connectivity index (χ4v) is 3.03. The van der Waals surface area contributed by atoms with Crippen LogP contribution in [-0.4, -0.2) is 76.6 Å². The van der Waals surface area contributed by atoms with Crippen molar-refractivity contribution < 1.29 is 14.7 Å². The fraction of sp³-hybridized carbons (Fsp3) is 0.857. The van der Waals surface area contributed by atoms with Crippen LogP contribution < -0.4 is 0 Å². The predicted octanol–water partition coefficient (Wildman–Crippen LogP) is 1.07. The molecule has 0 aromatic rings. The van der Waals surface area contributed by atoms with Crippen molar-refractivity contribution in [1.29, 1.82) is 0 Å². The number of aliphatic carboxylic acids is 1. The standard InChI is InChI=1S/C14H25N3O3/c1-11(2)15-7-9-16(10-8-15)14(20)17-6-4-3-5-12(17)13(18)19/h11-12H,3-10H2,1-2H3,(H,18,19). The Balaban J connectivity index is 1.95. The van der Waals surface area contributed by atoms with Gasteiger partial charge in [0.2, 0.25) is 0 Å². The molecule has 0 aliphatic carbocycles. The molecule has 0 aromatic heterocycles. The molecule has 0 saturated carbocycles. The number of amides is 2. The molecule has 2 aliphatic rings. The molecule has 2 fully saturated rings. The molecule has 2 saturated heterocycles. The van der Waals surface area contributed by atoms with Crippen LogP contribution in [0.4, 0.5) is 4.79 Å². The van der Waals surface area contributed by atoms with Crippen molar-refractivity contribution in [1.82, 2.24) is 14.7 Å². The highest BCUT2D eigenvalue weighted by Crippen LogP contribution is 2.20. The summed E-state index contributed by atoms with van der Waals surface area (Å²) < 4.78 is 0. The molecule has 1 unspecified atom stereocenters. The van der Waals surface area contributed by atoms with Crippen LogP contribution in [0.5, 0.6) is 0 Å². The van der Waals surface area contributed by atoms with Gasteiger partial charge in [0.15, 0.2) is 0 Å². The van der Waals surface area contributed by atoms with Crippen LogP contribution in [0.15, 0.2) is 0 Å². The lowest BCUT2D eigenvalue weighted by molar-refractivity contribution is -0.143. The largest absolute Gasteiger partial charge is 0.480 e. The second-order valence-electron chi connectivity index (χ2n) is 5.94. The lowest BCUT2D eigenvalue weighted by Gasteiger charge is -2.41. The first-order chi connectivity index (χ1) is 9.50. The van der Waals surface area contributed by atoms with Gasteiger partial charge in [0.1, 0.15) is 6.04 Å². The van der Waals surface area contributed by atoms with Gasteiger partial charge in [-0.25, -0.2) is 9.59 Å². The van der Waals surface area contributed by atoms with Gasteiger partial charge in [0.05, 0.1) is 0 Å². The van der Waals surface area contributed by atoms with Gasteiger partial charge in [-0.05, 0) is 33.1 Å². The van der Waals surface area contributed by atoms with Crippen LogP contribution in [0.25, 0.3) is 0 Å². The quantitative estimate of drug-likeness (QED) is 0.823. The maximum Gasteiger partial charge on any atom is 0.326 e. The van der Waals surface area contributed by atoms with E-state index in [1.54, 1.807) is 9.80 Å². The molecule has 6 heteroatoms. The third kappa shape index (κ3) is 3.23. The Morgan fingerprint density at radius 2 is 1.70 bits per heavy atom. The molecular weight excluding hydrogens is 258 g/mol. The Labute approximate surface area is 120 Å². The van der Waals surface area contributed by atoms with Crippen LogP contribution in [-0.2, 0) is 4.79 Å². The number of carbonyl (C=O) groups excluding carboxylic acids is 1. The summed E-state index contributed by atoms with van der Waals surface area (Å²) in [4.78, 5) is 29.5. The van der Waals surface area contributed by atoms with E-state index in [4.69, 9.17) is 0 Å². The van der Waals surface area contributed by atoms with Crippen molar-refractivity contribution in [3.05, 3.63) is 0 Å². The summed E-state index contributed by atoms with van der Waals surface area (Å²) in [6.45, 7) is 8.01. The molecule has 0 spiro atoms. The van der Waals surface area contributed by atoms with Gasteiger partial charge >= 0.3 is 12.0 Å². The highest BCUT2D eigenvalue weighted by atomic mass is 16.4. The minimum atomic E-state index is -0.876. The van der Waals surface area contributed by atoms with E-state index in [1.807, 2.05) is 0 Å². The zero-order chi connectivity index (χ0) is 14.7. The van der Waals surface area contributed by atoms with Gasteiger partial charge < -0.3 is 14.9 Å². The van der Waals surface area contributed by atoms with E-state index in [0.717, 1.165) is 25.9 Å². The molecule has 2 amide bonds. The highest BCUT2D eigenvalue weighted by molar-refractivity contribution is 5.83. The third-order valence-corrected chi connectivity index (χ3v) is 4.35. The summed E-state index contributed by atoms with van der Waals surface area (Å²) >= 11 is 0. The number of carbonyl (C=O) groups is 2.